The van der Waals surface area contributed by atoms with E-state index in [-0.39, 0.29) is 6.29 Å². The summed E-state index contributed by atoms with van der Waals surface area (Å²) in [5.74, 6) is 0.996. The van der Waals surface area contributed by atoms with Crippen LogP contribution < -0.4 is 0 Å². The van der Waals surface area contributed by atoms with Crippen LogP contribution in [0.1, 0.15) is 33.1 Å². The monoisotopic (exact) mass is 206 g/mol. The Hall–Kier alpha value is 0.210. The molecule has 2 nitrogen and oxygen atoms in total. The molecule has 1 aliphatic heterocycles. The second-order valence-electron chi connectivity index (χ2n) is 3.55. The third kappa shape index (κ3) is 3.12. The quantitative estimate of drug-likeness (QED) is 0.659. The van der Waals surface area contributed by atoms with Gasteiger partial charge in [-0.3, -0.25) is 0 Å². The van der Waals surface area contributed by atoms with E-state index in [1.807, 2.05) is 0 Å². The van der Waals surface area contributed by atoms with Crippen molar-refractivity contribution in [3.63, 3.8) is 0 Å². The summed E-state index contributed by atoms with van der Waals surface area (Å²) in [5, 5.41) is 0. The van der Waals surface area contributed by atoms with Gasteiger partial charge >= 0.3 is 0 Å². The smallest absolute Gasteiger partial charge is 0.171 e. The van der Waals surface area contributed by atoms with Crippen LogP contribution in [0.15, 0.2) is 0 Å². The Labute approximate surface area is 85.5 Å². The van der Waals surface area contributed by atoms with Crippen LogP contribution >= 0.6 is 11.6 Å². The van der Waals surface area contributed by atoms with Gasteiger partial charge < -0.3 is 9.47 Å². The summed E-state index contributed by atoms with van der Waals surface area (Å²) < 4.78 is 11.2. The van der Waals surface area contributed by atoms with Crippen LogP contribution in [-0.4, -0.2) is 24.9 Å². The van der Waals surface area contributed by atoms with Crippen molar-refractivity contribution in [1.29, 1.82) is 0 Å². The van der Waals surface area contributed by atoms with E-state index in [9.17, 15) is 0 Å². The molecule has 1 rings (SSSR count). The molecular weight excluding hydrogens is 188 g/mol. The van der Waals surface area contributed by atoms with E-state index in [2.05, 4.69) is 13.8 Å². The first kappa shape index (κ1) is 11.3. The molecule has 0 aromatic carbocycles. The molecule has 3 atom stereocenters. The first-order valence-electron chi connectivity index (χ1n) is 5.14. The van der Waals surface area contributed by atoms with Crippen molar-refractivity contribution < 1.29 is 9.47 Å². The molecule has 0 aromatic heterocycles. The van der Waals surface area contributed by atoms with E-state index in [1.54, 1.807) is 0 Å². The van der Waals surface area contributed by atoms with Crippen LogP contribution in [-0.2, 0) is 9.47 Å². The van der Waals surface area contributed by atoms with Crippen molar-refractivity contribution in [2.24, 2.45) is 5.92 Å². The number of alkyl halides is 1. The summed E-state index contributed by atoms with van der Waals surface area (Å²) in [6, 6.07) is 0. The molecule has 0 bridgehead atoms. The fourth-order valence-corrected chi connectivity index (χ4v) is 1.90. The van der Waals surface area contributed by atoms with Gasteiger partial charge in [0.05, 0.1) is 18.6 Å². The van der Waals surface area contributed by atoms with Crippen LogP contribution in [0.25, 0.3) is 0 Å². The summed E-state index contributed by atoms with van der Waals surface area (Å²) in [6.07, 6.45) is 3.58. The minimum Gasteiger partial charge on any atom is -0.351 e. The molecule has 1 aliphatic rings. The molecule has 0 saturated carbocycles. The molecule has 3 heteroatoms. The van der Waals surface area contributed by atoms with Gasteiger partial charge in [0.2, 0.25) is 0 Å². The maximum Gasteiger partial charge on any atom is 0.171 e. The topological polar surface area (TPSA) is 18.5 Å². The van der Waals surface area contributed by atoms with Crippen molar-refractivity contribution in [3.05, 3.63) is 0 Å². The third-order valence-electron chi connectivity index (χ3n) is 2.57. The summed E-state index contributed by atoms with van der Waals surface area (Å²) in [7, 11) is 0. The zero-order valence-corrected chi connectivity index (χ0v) is 9.22. The van der Waals surface area contributed by atoms with Crippen LogP contribution in [0, 0.1) is 5.92 Å². The van der Waals surface area contributed by atoms with Crippen molar-refractivity contribution in [3.8, 4) is 0 Å². The van der Waals surface area contributed by atoms with Gasteiger partial charge in [-0.25, -0.2) is 0 Å². The summed E-state index contributed by atoms with van der Waals surface area (Å²) in [4.78, 5) is 0. The lowest BCUT2D eigenvalue weighted by molar-refractivity contribution is -0.227. The van der Waals surface area contributed by atoms with Gasteiger partial charge in [-0.2, -0.15) is 0 Å². The fourth-order valence-electron chi connectivity index (χ4n) is 1.73. The Bertz CT molecular complexity index is 141. The average molecular weight is 207 g/mol. The van der Waals surface area contributed by atoms with Crippen LogP contribution in [0.5, 0.6) is 0 Å². The predicted molar refractivity (Wildman–Crippen MR) is 54.0 cm³/mol. The Balaban J connectivity index is 2.42. The van der Waals surface area contributed by atoms with Gasteiger partial charge in [0, 0.05) is 5.92 Å². The molecule has 1 heterocycles. The number of hydrogen-bond acceptors (Lipinski definition) is 2. The Morgan fingerprint density at radius 2 is 2.15 bits per heavy atom. The second kappa shape index (κ2) is 5.84. The largest absolute Gasteiger partial charge is 0.351 e. The van der Waals surface area contributed by atoms with Gasteiger partial charge in [-0.15, -0.1) is 11.6 Å². The number of hydrogen-bond donors (Lipinski definition) is 0. The minimum atomic E-state index is -0.180. The van der Waals surface area contributed by atoms with Gasteiger partial charge in [0.1, 0.15) is 0 Å². The number of ether oxygens (including phenoxy) is 2. The van der Waals surface area contributed by atoms with E-state index in [0.717, 1.165) is 25.9 Å². The second-order valence-corrected chi connectivity index (χ2v) is 3.86. The molecule has 0 spiro atoms. The first-order chi connectivity index (χ1) is 6.31. The molecule has 0 N–H and O–H groups in total. The van der Waals surface area contributed by atoms with E-state index < -0.39 is 0 Å². The van der Waals surface area contributed by atoms with E-state index in [0.29, 0.717) is 17.9 Å². The summed E-state index contributed by atoms with van der Waals surface area (Å²) in [5.41, 5.74) is 0. The standard InChI is InChI=1S/C10H19ClO2/c1-3-5-9-8(4-2)7-12-10(6-11)13-9/h8-10H,3-7H2,1-2H3/t8-,9+,10+/m1/s1. The van der Waals surface area contributed by atoms with Crippen molar-refractivity contribution in [1.82, 2.24) is 0 Å². The molecule has 0 aliphatic carbocycles. The zero-order valence-electron chi connectivity index (χ0n) is 8.46. The minimum absolute atomic E-state index is 0.180. The molecule has 78 valence electrons. The lowest BCUT2D eigenvalue weighted by atomic mass is 9.96. The number of rotatable bonds is 4. The van der Waals surface area contributed by atoms with E-state index >= 15 is 0 Å². The van der Waals surface area contributed by atoms with Crippen molar-refractivity contribution in [2.75, 3.05) is 12.5 Å². The highest BCUT2D eigenvalue weighted by Gasteiger charge is 2.29. The van der Waals surface area contributed by atoms with Crippen LogP contribution in [0.4, 0.5) is 0 Å². The fraction of sp³-hybridized carbons (Fsp3) is 1.00. The highest BCUT2D eigenvalue weighted by atomic mass is 35.5. The van der Waals surface area contributed by atoms with Crippen molar-refractivity contribution in [2.45, 2.75) is 45.5 Å². The molecule has 1 fully saturated rings. The maximum atomic E-state index is 5.73. The summed E-state index contributed by atoms with van der Waals surface area (Å²) in [6.45, 7) is 5.17. The predicted octanol–water partition coefficient (Wildman–Crippen LogP) is 2.79. The van der Waals surface area contributed by atoms with Gasteiger partial charge in [-0.05, 0) is 12.8 Å². The van der Waals surface area contributed by atoms with E-state index in [4.69, 9.17) is 21.1 Å². The molecule has 0 unspecified atom stereocenters. The maximum absolute atomic E-state index is 5.73. The highest BCUT2D eigenvalue weighted by molar-refractivity contribution is 6.18. The van der Waals surface area contributed by atoms with Gasteiger partial charge in [0.25, 0.3) is 0 Å². The van der Waals surface area contributed by atoms with Crippen LogP contribution in [0.2, 0.25) is 0 Å². The lowest BCUT2D eigenvalue weighted by Crippen LogP contribution is -2.40. The molecule has 0 amide bonds. The summed E-state index contributed by atoms with van der Waals surface area (Å²) >= 11 is 5.69. The molecule has 1 saturated heterocycles. The third-order valence-corrected chi connectivity index (χ3v) is 2.82. The highest BCUT2D eigenvalue weighted by Crippen LogP contribution is 2.25. The van der Waals surface area contributed by atoms with Crippen LogP contribution in [0.3, 0.4) is 0 Å². The normalized spacial score (nSPS) is 34.8. The van der Waals surface area contributed by atoms with Crippen molar-refractivity contribution >= 4 is 11.6 Å². The van der Waals surface area contributed by atoms with E-state index in [1.165, 1.54) is 0 Å². The molecule has 13 heavy (non-hydrogen) atoms. The Morgan fingerprint density at radius 3 is 2.69 bits per heavy atom. The zero-order chi connectivity index (χ0) is 9.68. The average Bonchev–Trinajstić information content (AvgIpc) is 2.18. The Morgan fingerprint density at radius 1 is 1.38 bits per heavy atom. The SMILES string of the molecule is CCC[C@@H]1O[C@@H](CCl)OC[C@H]1CC. The first-order valence-corrected chi connectivity index (χ1v) is 5.68. The Kier molecular flexibility index (Phi) is 5.07. The van der Waals surface area contributed by atoms with Gasteiger partial charge in [0.15, 0.2) is 6.29 Å². The molecule has 0 radical (unpaired) electrons. The number of halogens is 1. The lowest BCUT2D eigenvalue weighted by Gasteiger charge is -2.35. The molecular formula is C10H19ClO2. The van der Waals surface area contributed by atoms with Gasteiger partial charge in [-0.1, -0.05) is 20.3 Å². The molecule has 0 aromatic rings.